The van der Waals surface area contributed by atoms with E-state index in [0.29, 0.717) is 5.92 Å². The van der Waals surface area contributed by atoms with Crippen molar-refractivity contribution in [3.63, 3.8) is 0 Å². The molecular formula is C24H29BrN2O2. The Morgan fingerprint density at radius 3 is 2.34 bits per heavy atom. The zero-order valence-electron chi connectivity index (χ0n) is 16.9. The number of nitrogens with zero attached hydrogens (tertiary/aromatic N) is 1. The summed E-state index contributed by atoms with van der Waals surface area (Å²) in [5.41, 5.74) is 0.976. The highest BCUT2D eigenvalue weighted by atomic mass is 79.9. The first-order valence-corrected chi connectivity index (χ1v) is 11.9. The summed E-state index contributed by atoms with van der Waals surface area (Å²) < 4.78 is 0.985. The fourth-order valence-corrected chi connectivity index (χ4v) is 6.10. The van der Waals surface area contributed by atoms with Crippen molar-refractivity contribution in [3.8, 4) is 0 Å². The van der Waals surface area contributed by atoms with Crippen LogP contribution >= 0.6 is 15.9 Å². The van der Waals surface area contributed by atoms with Gasteiger partial charge in [-0.05, 0) is 79.5 Å². The fourth-order valence-electron chi connectivity index (χ4n) is 5.83. The van der Waals surface area contributed by atoms with Crippen molar-refractivity contribution in [3.05, 3.63) is 40.9 Å². The van der Waals surface area contributed by atoms with Crippen LogP contribution in [-0.4, -0.2) is 29.8 Å². The minimum Gasteiger partial charge on any atom is -0.342 e. The molecule has 1 aromatic carbocycles. The summed E-state index contributed by atoms with van der Waals surface area (Å²) >= 11 is 3.44. The van der Waals surface area contributed by atoms with Crippen LogP contribution in [0.15, 0.2) is 40.9 Å². The topological polar surface area (TPSA) is 49.4 Å². The van der Waals surface area contributed by atoms with Crippen molar-refractivity contribution in [1.82, 2.24) is 4.90 Å². The van der Waals surface area contributed by atoms with Crippen LogP contribution in [-0.2, 0) is 9.59 Å². The number of hydrogen-bond donors (Lipinski definition) is 1. The van der Waals surface area contributed by atoms with Crippen LogP contribution in [0.2, 0.25) is 0 Å². The number of rotatable bonds is 7. The number of carbonyl (C=O) groups is 2. The average molecular weight is 457 g/mol. The van der Waals surface area contributed by atoms with Crippen LogP contribution in [0.4, 0.5) is 5.69 Å². The normalized spacial score (nSPS) is 30.6. The maximum atomic E-state index is 13.7. The molecule has 0 heterocycles. The highest BCUT2D eigenvalue weighted by molar-refractivity contribution is 9.10. The zero-order chi connectivity index (χ0) is 20.2. The monoisotopic (exact) mass is 456 g/mol. The second kappa shape index (κ2) is 7.26. The molecule has 3 fully saturated rings. The first-order valence-electron chi connectivity index (χ1n) is 11.1. The molecule has 0 saturated heterocycles. The quantitative estimate of drug-likeness (QED) is 0.595. The molecule has 1 aromatic rings. The van der Waals surface area contributed by atoms with Gasteiger partial charge in [0.15, 0.2) is 0 Å². The second-order valence-corrected chi connectivity index (χ2v) is 10.4. The minimum absolute atomic E-state index is 0.0108. The van der Waals surface area contributed by atoms with Crippen LogP contribution in [0.5, 0.6) is 0 Å². The number of anilines is 1. The van der Waals surface area contributed by atoms with Crippen molar-refractivity contribution >= 4 is 33.4 Å². The molecule has 0 unspecified atom stereocenters. The molecule has 1 spiro atoms. The van der Waals surface area contributed by atoms with E-state index in [0.717, 1.165) is 42.5 Å². The number of amides is 2. The highest BCUT2D eigenvalue weighted by Gasteiger charge is 2.70. The maximum Gasteiger partial charge on any atom is 0.228 e. The van der Waals surface area contributed by atoms with Crippen LogP contribution in [0.1, 0.15) is 39.0 Å². The summed E-state index contributed by atoms with van der Waals surface area (Å²) in [6.07, 6.45) is 10.2. The van der Waals surface area contributed by atoms with Gasteiger partial charge < -0.3 is 10.2 Å². The van der Waals surface area contributed by atoms with Gasteiger partial charge in [-0.15, -0.1) is 0 Å². The van der Waals surface area contributed by atoms with Gasteiger partial charge in [-0.3, -0.25) is 9.59 Å². The summed E-state index contributed by atoms with van der Waals surface area (Å²) in [4.78, 5) is 29.2. The number of benzene rings is 1. The van der Waals surface area contributed by atoms with Crippen LogP contribution in [0.25, 0.3) is 0 Å². The van der Waals surface area contributed by atoms with Gasteiger partial charge in [0.05, 0.1) is 11.8 Å². The van der Waals surface area contributed by atoms with Crippen molar-refractivity contribution in [2.24, 2.45) is 35.0 Å². The smallest absolute Gasteiger partial charge is 0.228 e. The number of hydrogen-bond acceptors (Lipinski definition) is 2. The largest absolute Gasteiger partial charge is 0.342 e. The van der Waals surface area contributed by atoms with E-state index in [4.69, 9.17) is 0 Å². The molecule has 4 aliphatic carbocycles. The SMILES string of the molecule is CCCN(CC1CC1)C(=O)[C@H]1[C@H](C(=O)Nc2ccc(Br)cc2)[C@@H]2C=C[C@H]1C21CC1. The van der Waals surface area contributed by atoms with Gasteiger partial charge in [0.25, 0.3) is 0 Å². The molecule has 5 rings (SSSR count). The maximum absolute atomic E-state index is 13.7. The Morgan fingerprint density at radius 1 is 1.10 bits per heavy atom. The van der Waals surface area contributed by atoms with E-state index in [1.54, 1.807) is 0 Å². The lowest BCUT2D eigenvalue weighted by atomic mass is 9.81. The number of allylic oxidation sites excluding steroid dienone is 2. The Labute approximate surface area is 181 Å². The van der Waals surface area contributed by atoms with E-state index in [1.807, 2.05) is 24.3 Å². The third-order valence-electron chi connectivity index (χ3n) is 7.52. The molecule has 0 aliphatic heterocycles. The molecule has 4 nitrogen and oxygen atoms in total. The van der Waals surface area contributed by atoms with Gasteiger partial charge in [-0.2, -0.15) is 0 Å². The number of nitrogens with one attached hydrogen (secondary N) is 1. The Hall–Kier alpha value is -1.62. The first kappa shape index (κ1) is 19.3. The van der Waals surface area contributed by atoms with Crippen molar-refractivity contribution in [2.45, 2.75) is 39.0 Å². The lowest BCUT2D eigenvalue weighted by Gasteiger charge is -2.32. The first-order chi connectivity index (χ1) is 14.0. The van der Waals surface area contributed by atoms with Crippen molar-refractivity contribution in [1.29, 1.82) is 0 Å². The summed E-state index contributed by atoms with van der Waals surface area (Å²) in [7, 11) is 0. The van der Waals surface area contributed by atoms with Gasteiger partial charge in [0.2, 0.25) is 11.8 Å². The van der Waals surface area contributed by atoms with Gasteiger partial charge in [0, 0.05) is 23.2 Å². The van der Waals surface area contributed by atoms with Crippen molar-refractivity contribution < 1.29 is 9.59 Å². The molecule has 1 N–H and O–H groups in total. The van der Waals surface area contributed by atoms with Crippen molar-refractivity contribution in [2.75, 3.05) is 18.4 Å². The van der Waals surface area contributed by atoms with E-state index >= 15 is 0 Å². The van der Waals surface area contributed by atoms with Gasteiger partial charge in [-0.25, -0.2) is 0 Å². The van der Waals surface area contributed by atoms with Crippen LogP contribution in [0, 0.1) is 35.0 Å². The van der Waals surface area contributed by atoms with E-state index < -0.39 is 0 Å². The van der Waals surface area contributed by atoms with E-state index in [9.17, 15) is 9.59 Å². The summed E-state index contributed by atoms with van der Waals surface area (Å²) in [6, 6.07) is 7.68. The zero-order valence-corrected chi connectivity index (χ0v) is 18.5. The number of halogens is 1. The molecule has 0 aromatic heterocycles. The summed E-state index contributed by atoms with van der Waals surface area (Å²) in [6.45, 7) is 3.81. The van der Waals surface area contributed by atoms with E-state index in [2.05, 4.69) is 45.2 Å². The Kier molecular flexibility index (Phi) is 4.84. The van der Waals surface area contributed by atoms with Gasteiger partial charge >= 0.3 is 0 Å². The summed E-state index contributed by atoms with van der Waals surface area (Å²) in [5, 5.41) is 3.11. The molecule has 3 saturated carbocycles. The molecule has 5 heteroatoms. The predicted molar refractivity (Wildman–Crippen MR) is 117 cm³/mol. The minimum atomic E-state index is -0.248. The van der Waals surface area contributed by atoms with Crippen LogP contribution < -0.4 is 5.32 Å². The van der Waals surface area contributed by atoms with E-state index in [1.165, 1.54) is 12.8 Å². The van der Waals surface area contributed by atoms with Crippen LogP contribution in [0.3, 0.4) is 0 Å². The van der Waals surface area contributed by atoms with Gasteiger partial charge in [-0.1, -0.05) is 35.0 Å². The highest BCUT2D eigenvalue weighted by Crippen LogP contribution is 2.72. The number of carbonyl (C=O) groups excluding carboxylic acids is 2. The Morgan fingerprint density at radius 2 is 1.76 bits per heavy atom. The lowest BCUT2D eigenvalue weighted by Crippen LogP contribution is -2.45. The molecule has 0 radical (unpaired) electrons. The molecule has 2 bridgehead atoms. The molecule has 4 atom stereocenters. The third kappa shape index (κ3) is 3.35. The fraction of sp³-hybridized carbons (Fsp3) is 0.583. The molecule has 29 heavy (non-hydrogen) atoms. The lowest BCUT2D eigenvalue weighted by molar-refractivity contribution is -0.141. The third-order valence-corrected chi connectivity index (χ3v) is 8.05. The molecular weight excluding hydrogens is 428 g/mol. The predicted octanol–water partition coefficient (Wildman–Crippen LogP) is 4.86. The Bertz CT molecular complexity index is 841. The Balaban J connectivity index is 1.40. The molecule has 2 amide bonds. The van der Waals surface area contributed by atoms with Gasteiger partial charge in [0.1, 0.15) is 0 Å². The average Bonchev–Trinajstić information content (AvgIpc) is 3.62. The molecule has 4 aliphatic rings. The molecule has 154 valence electrons. The van der Waals surface area contributed by atoms with E-state index in [-0.39, 0.29) is 40.9 Å². The standard InChI is InChI=1S/C24H29BrN2O2/c1-2-13-27(14-15-3-4-15)23(29)21-19-10-9-18(24(19)11-12-24)20(21)22(28)26-17-7-5-16(25)6-8-17/h5-10,15,18-21H,2-4,11-14H2,1H3,(H,26,28)/t18-,19+,20+,21+/m0/s1. The second-order valence-electron chi connectivity index (χ2n) is 9.44. The summed E-state index contributed by atoms with van der Waals surface area (Å²) in [5.74, 6) is 0.898.